The molecule has 26 heavy (non-hydrogen) atoms. The smallest absolute Gasteiger partial charge is 0.255 e. The zero-order chi connectivity index (χ0) is 17.9. The van der Waals surface area contributed by atoms with Crippen LogP contribution in [0.15, 0.2) is 36.7 Å². The standard InChI is InChI=1S/C21H25N3O2/c25-20(14-16-5-6-17-3-1-2-4-18(17)13-16)23-9-11-24(12-10-23)21(26)19-7-8-22-15-19/h5-8,13,15,22H,1-4,9-12,14H2. The third kappa shape index (κ3) is 3.52. The van der Waals surface area contributed by atoms with Crippen molar-refractivity contribution in [1.82, 2.24) is 14.8 Å². The Morgan fingerprint density at radius 2 is 1.65 bits per heavy atom. The van der Waals surface area contributed by atoms with Gasteiger partial charge in [-0.3, -0.25) is 9.59 Å². The van der Waals surface area contributed by atoms with Gasteiger partial charge in [0.2, 0.25) is 5.91 Å². The van der Waals surface area contributed by atoms with Crippen LogP contribution < -0.4 is 0 Å². The number of H-pyrrole nitrogens is 1. The molecule has 0 spiro atoms. The molecular formula is C21H25N3O2. The highest BCUT2D eigenvalue weighted by atomic mass is 16.2. The van der Waals surface area contributed by atoms with E-state index in [1.807, 2.05) is 9.80 Å². The second-order valence-corrected chi connectivity index (χ2v) is 7.26. The van der Waals surface area contributed by atoms with Gasteiger partial charge in [-0.05, 0) is 48.4 Å². The van der Waals surface area contributed by atoms with Crippen LogP contribution in [-0.2, 0) is 24.1 Å². The van der Waals surface area contributed by atoms with Crippen LogP contribution in [0.25, 0.3) is 0 Å². The normalized spacial score (nSPS) is 17.1. The summed E-state index contributed by atoms with van der Waals surface area (Å²) in [4.78, 5) is 31.7. The number of rotatable bonds is 3. The lowest BCUT2D eigenvalue weighted by atomic mass is 9.90. The fraction of sp³-hybridized carbons (Fsp3) is 0.429. The minimum absolute atomic E-state index is 0.0352. The molecule has 5 nitrogen and oxygen atoms in total. The van der Waals surface area contributed by atoms with Crippen LogP contribution in [0.2, 0.25) is 0 Å². The summed E-state index contributed by atoms with van der Waals surface area (Å²) in [5.74, 6) is 0.197. The van der Waals surface area contributed by atoms with E-state index in [0.717, 1.165) is 12.0 Å². The predicted octanol–water partition coefficient (Wildman–Crippen LogP) is 2.42. The van der Waals surface area contributed by atoms with Crippen molar-refractivity contribution in [2.45, 2.75) is 32.1 Å². The Bertz CT molecular complexity index is 790. The van der Waals surface area contributed by atoms with E-state index >= 15 is 0 Å². The summed E-state index contributed by atoms with van der Waals surface area (Å²) in [5, 5.41) is 0. The number of piperazine rings is 1. The maximum atomic E-state index is 12.7. The SMILES string of the molecule is O=C(Cc1ccc2c(c1)CCCC2)N1CCN(C(=O)c2cc[nH]c2)CC1. The van der Waals surface area contributed by atoms with Crippen molar-refractivity contribution in [3.63, 3.8) is 0 Å². The number of carbonyl (C=O) groups is 2. The third-order valence-electron chi connectivity index (χ3n) is 5.53. The van der Waals surface area contributed by atoms with Gasteiger partial charge in [0, 0.05) is 38.6 Å². The van der Waals surface area contributed by atoms with Gasteiger partial charge in [0.1, 0.15) is 0 Å². The van der Waals surface area contributed by atoms with Crippen LogP contribution in [0.4, 0.5) is 0 Å². The number of nitrogens with zero attached hydrogens (tertiary/aromatic N) is 2. The Hall–Kier alpha value is -2.56. The number of hydrogen-bond donors (Lipinski definition) is 1. The summed E-state index contributed by atoms with van der Waals surface area (Å²) in [7, 11) is 0. The Morgan fingerprint density at radius 3 is 2.38 bits per heavy atom. The summed E-state index contributed by atoms with van der Waals surface area (Å²) >= 11 is 0. The Kier molecular flexibility index (Phi) is 4.78. The van der Waals surface area contributed by atoms with E-state index in [1.165, 1.54) is 30.4 Å². The molecule has 2 amide bonds. The number of aromatic nitrogens is 1. The molecule has 1 aromatic carbocycles. The number of amides is 2. The number of nitrogens with one attached hydrogen (secondary N) is 1. The first-order chi connectivity index (χ1) is 12.7. The molecule has 2 aliphatic rings. The molecule has 1 aliphatic carbocycles. The summed E-state index contributed by atoms with van der Waals surface area (Å²) in [6.45, 7) is 2.42. The average molecular weight is 351 g/mol. The van der Waals surface area contributed by atoms with E-state index in [-0.39, 0.29) is 11.8 Å². The molecule has 2 heterocycles. The molecule has 0 atom stereocenters. The summed E-state index contributed by atoms with van der Waals surface area (Å²) < 4.78 is 0. The monoisotopic (exact) mass is 351 g/mol. The number of aromatic amines is 1. The van der Waals surface area contributed by atoms with E-state index < -0.39 is 0 Å². The van der Waals surface area contributed by atoms with Gasteiger partial charge in [0.15, 0.2) is 0 Å². The van der Waals surface area contributed by atoms with Crippen LogP contribution in [-0.4, -0.2) is 52.8 Å². The molecule has 136 valence electrons. The van der Waals surface area contributed by atoms with Crippen LogP contribution >= 0.6 is 0 Å². The quantitative estimate of drug-likeness (QED) is 0.923. The molecule has 0 radical (unpaired) electrons. The van der Waals surface area contributed by atoms with Gasteiger partial charge >= 0.3 is 0 Å². The lowest BCUT2D eigenvalue weighted by molar-refractivity contribution is -0.131. The van der Waals surface area contributed by atoms with E-state index in [2.05, 4.69) is 23.2 Å². The molecule has 4 rings (SSSR count). The van der Waals surface area contributed by atoms with Crippen molar-refractivity contribution in [3.05, 3.63) is 58.9 Å². The molecule has 0 saturated carbocycles. The fourth-order valence-corrected chi connectivity index (χ4v) is 3.98. The van der Waals surface area contributed by atoms with Crippen LogP contribution in [0, 0.1) is 0 Å². The Morgan fingerprint density at radius 1 is 0.923 bits per heavy atom. The van der Waals surface area contributed by atoms with E-state index in [4.69, 9.17) is 0 Å². The maximum absolute atomic E-state index is 12.7. The highest BCUT2D eigenvalue weighted by Crippen LogP contribution is 2.22. The van der Waals surface area contributed by atoms with Crippen molar-refractivity contribution < 1.29 is 9.59 Å². The molecule has 0 bridgehead atoms. The second-order valence-electron chi connectivity index (χ2n) is 7.26. The lowest BCUT2D eigenvalue weighted by Crippen LogP contribution is -2.50. The minimum Gasteiger partial charge on any atom is -0.367 e. The first-order valence-corrected chi connectivity index (χ1v) is 9.51. The third-order valence-corrected chi connectivity index (χ3v) is 5.53. The van der Waals surface area contributed by atoms with Crippen molar-refractivity contribution in [2.24, 2.45) is 0 Å². The van der Waals surface area contributed by atoms with Gasteiger partial charge in [-0.1, -0.05) is 18.2 Å². The van der Waals surface area contributed by atoms with E-state index in [1.54, 1.807) is 18.5 Å². The highest BCUT2D eigenvalue weighted by Gasteiger charge is 2.25. The molecular weight excluding hydrogens is 326 g/mol. The first-order valence-electron chi connectivity index (χ1n) is 9.51. The number of fused-ring (bicyclic) bond motifs is 1. The van der Waals surface area contributed by atoms with Gasteiger partial charge in [-0.25, -0.2) is 0 Å². The topological polar surface area (TPSA) is 56.4 Å². The number of carbonyl (C=O) groups excluding carboxylic acids is 2. The summed E-state index contributed by atoms with van der Waals surface area (Å²) in [6, 6.07) is 8.31. The molecule has 1 aliphatic heterocycles. The zero-order valence-corrected chi connectivity index (χ0v) is 15.0. The molecule has 2 aromatic rings. The van der Waals surface area contributed by atoms with Gasteiger partial charge in [0.25, 0.3) is 5.91 Å². The fourth-order valence-electron chi connectivity index (χ4n) is 3.98. The van der Waals surface area contributed by atoms with Crippen molar-refractivity contribution in [3.8, 4) is 0 Å². The van der Waals surface area contributed by atoms with Gasteiger partial charge < -0.3 is 14.8 Å². The van der Waals surface area contributed by atoms with Crippen molar-refractivity contribution >= 4 is 11.8 Å². The lowest BCUT2D eigenvalue weighted by Gasteiger charge is -2.34. The van der Waals surface area contributed by atoms with Gasteiger partial charge in [0.05, 0.1) is 12.0 Å². The maximum Gasteiger partial charge on any atom is 0.255 e. The molecule has 1 saturated heterocycles. The van der Waals surface area contributed by atoms with Crippen LogP contribution in [0.1, 0.15) is 39.9 Å². The minimum atomic E-state index is 0.0352. The second kappa shape index (κ2) is 7.36. The van der Waals surface area contributed by atoms with E-state index in [9.17, 15) is 9.59 Å². The van der Waals surface area contributed by atoms with Crippen LogP contribution in [0.3, 0.4) is 0 Å². The van der Waals surface area contributed by atoms with Crippen molar-refractivity contribution in [2.75, 3.05) is 26.2 Å². The average Bonchev–Trinajstić information content (AvgIpc) is 3.22. The van der Waals surface area contributed by atoms with E-state index in [0.29, 0.717) is 38.2 Å². The molecule has 1 aromatic heterocycles. The summed E-state index contributed by atoms with van der Waals surface area (Å²) in [6.07, 6.45) is 8.76. The number of aryl methyl sites for hydroxylation is 2. The first kappa shape index (κ1) is 16.9. The molecule has 0 unspecified atom stereocenters. The number of benzene rings is 1. The van der Waals surface area contributed by atoms with Gasteiger partial charge in [-0.15, -0.1) is 0 Å². The molecule has 1 fully saturated rings. The summed E-state index contributed by atoms with van der Waals surface area (Å²) in [5.41, 5.74) is 4.66. The molecule has 1 N–H and O–H groups in total. The van der Waals surface area contributed by atoms with Gasteiger partial charge in [-0.2, -0.15) is 0 Å². The predicted molar refractivity (Wildman–Crippen MR) is 100 cm³/mol. The highest BCUT2D eigenvalue weighted by molar-refractivity contribution is 5.94. The molecule has 5 heteroatoms. The van der Waals surface area contributed by atoms with Crippen molar-refractivity contribution in [1.29, 1.82) is 0 Å². The Balaban J connectivity index is 1.33. The largest absolute Gasteiger partial charge is 0.367 e. The zero-order valence-electron chi connectivity index (χ0n) is 15.0. The Labute approximate surface area is 154 Å². The number of hydrogen-bond acceptors (Lipinski definition) is 2. The van der Waals surface area contributed by atoms with Crippen LogP contribution in [0.5, 0.6) is 0 Å².